The largest absolute Gasteiger partial charge is 0.488 e. The third-order valence-electron chi connectivity index (χ3n) is 15.0. The average Bonchev–Trinajstić information content (AvgIpc) is 3.97. The van der Waals surface area contributed by atoms with Crippen molar-refractivity contribution in [2.24, 2.45) is 10.8 Å². The molecular formula is C54H60N6O9. The average molecular weight is 937 g/mol. The summed E-state index contributed by atoms with van der Waals surface area (Å²) in [6.07, 6.45) is 14.1. The van der Waals surface area contributed by atoms with Gasteiger partial charge in [0.05, 0.1) is 23.2 Å². The normalized spacial score (nSPS) is 18.8. The van der Waals surface area contributed by atoms with Gasteiger partial charge in [-0.1, -0.05) is 48.5 Å². The molecule has 0 radical (unpaired) electrons. The lowest BCUT2D eigenvalue weighted by Gasteiger charge is -2.52. The van der Waals surface area contributed by atoms with Crippen molar-refractivity contribution in [3.05, 3.63) is 139 Å². The summed E-state index contributed by atoms with van der Waals surface area (Å²) in [5.41, 5.74) is 6.17. The molecule has 15 nitrogen and oxygen atoms in total. The van der Waals surface area contributed by atoms with E-state index in [4.69, 9.17) is 18.9 Å². The van der Waals surface area contributed by atoms with E-state index in [0.717, 1.165) is 65.0 Å². The van der Waals surface area contributed by atoms with Crippen molar-refractivity contribution >= 4 is 33.9 Å². The molecule has 4 aromatic heterocycles. The Morgan fingerprint density at radius 1 is 0.667 bits per heavy atom. The number of hydrogen-bond acceptors (Lipinski definition) is 11. The number of carbonyl (C=O) groups excluding carboxylic acids is 1. The number of nitrogens with one attached hydrogen (secondary N) is 1. The standard InChI is InChI=1S/C27H29N3O4.C20H18N2O4.C7H13NO/c1-2-29-15-23(26(32)30-16-27(17-30)7-9-33-10-8-27)24(31)22-13-21(14-28-25(22)29)34-20-11-18-5-3-4-6-19(18)12-20;1-2-22-11-17(20(24)25)18(23)16-9-15(10-21-19(16)22)26-14-7-12-5-3-4-6-13(12)8-14;1-3-9-4-2-7(1)5-8-6-7/h3-6,13-15,20H,2,7-12,16-17H2,1H3;3-6,9-11,14H,2,7-8H2,1H3,(H,24,25);8H,1-6H2. The van der Waals surface area contributed by atoms with E-state index in [-0.39, 0.29) is 45.5 Å². The van der Waals surface area contributed by atoms with Crippen LogP contribution in [0, 0.1) is 10.8 Å². The second-order valence-electron chi connectivity index (χ2n) is 19.5. The molecule has 6 aromatic rings. The molecule has 2 spiro atoms. The zero-order chi connectivity index (χ0) is 47.7. The van der Waals surface area contributed by atoms with Gasteiger partial charge in [0.25, 0.3) is 5.91 Å². The minimum atomic E-state index is -1.24. The lowest BCUT2D eigenvalue weighted by molar-refractivity contribution is -0.0666. The maximum atomic E-state index is 13.4. The van der Waals surface area contributed by atoms with Crippen LogP contribution in [0.3, 0.4) is 0 Å². The Kier molecular flexibility index (Phi) is 13.1. The highest BCUT2D eigenvalue weighted by molar-refractivity contribution is 5.97. The van der Waals surface area contributed by atoms with Gasteiger partial charge in [0.15, 0.2) is 0 Å². The Morgan fingerprint density at radius 2 is 1.09 bits per heavy atom. The van der Waals surface area contributed by atoms with Crippen LogP contribution in [0.2, 0.25) is 0 Å². The van der Waals surface area contributed by atoms with Gasteiger partial charge in [-0.3, -0.25) is 14.4 Å². The molecule has 4 saturated heterocycles. The van der Waals surface area contributed by atoms with E-state index < -0.39 is 11.4 Å². The fraction of sp³-hybridized carbons (Fsp3) is 0.444. The summed E-state index contributed by atoms with van der Waals surface area (Å²) in [6, 6.07) is 19.9. The summed E-state index contributed by atoms with van der Waals surface area (Å²) >= 11 is 0. The second kappa shape index (κ2) is 19.5. The van der Waals surface area contributed by atoms with E-state index in [1.165, 1.54) is 54.4 Å². The number of ether oxygens (including phenoxy) is 4. The topological polar surface area (TPSA) is 176 Å². The molecule has 0 unspecified atom stereocenters. The van der Waals surface area contributed by atoms with Gasteiger partial charge >= 0.3 is 5.97 Å². The molecule has 360 valence electrons. The van der Waals surface area contributed by atoms with Gasteiger partial charge in [-0.15, -0.1) is 0 Å². The first-order chi connectivity index (χ1) is 33.5. The highest BCUT2D eigenvalue weighted by atomic mass is 16.5. The molecule has 0 atom stereocenters. The number of carboxylic acid groups (broad SMARTS) is 1. The lowest BCUT2D eigenvalue weighted by atomic mass is 9.73. The Hall–Kier alpha value is -6.42. The SMILES string of the molecule is C1CC2(CCO1)CNC2.CCn1cc(C(=O)N2CC3(CCOCC3)C2)c(=O)c2cc(OC3Cc4ccccc4C3)cnc21.CCn1cc(C(=O)O)c(=O)c2cc(OC3Cc4ccccc4C3)cnc21. The molecule has 4 aliphatic heterocycles. The number of aromatic carboxylic acids is 1. The number of hydrogen-bond donors (Lipinski definition) is 2. The van der Waals surface area contributed by atoms with Gasteiger partial charge in [-0.2, -0.15) is 0 Å². The number of nitrogens with zero attached hydrogens (tertiary/aromatic N) is 5. The minimum Gasteiger partial charge on any atom is -0.488 e. The summed E-state index contributed by atoms with van der Waals surface area (Å²) in [7, 11) is 0. The van der Waals surface area contributed by atoms with Crippen molar-refractivity contribution < 1.29 is 33.6 Å². The monoisotopic (exact) mass is 936 g/mol. The van der Waals surface area contributed by atoms with E-state index in [1.54, 1.807) is 40.2 Å². The number of likely N-dealkylation sites (tertiary alicyclic amines) is 1. The maximum absolute atomic E-state index is 13.4. The summed E-state index contributed by atoms with van der Waals surface area (Å²) in [5.74, 6) is -0.377. The lowest BCUT2D eigenvalue weighted by Crippen LogP contribution is -2.60. The Balaban J connectivity index is 0.000000139. The van der Waals surface area contributed by atoms with E-state index in [1.807, 2.05) is 42.7 Å². The number of aromatic nitrogens is 4. The number of pyridine rings is 4. The number of fused-ring (bicyclic) bond motifs is 4. The Labute approximate surface area is 400 Å². The quantitative estimate of drug-likeness (QED) is 0.176. The zero-order valence-electron chi connectivity index (χ0n) is 39.4. The molecule has 0 saturated carbocycles. The van der Waals surface area contributed by atoms with Crippen molar-refractivity contribution in [2.75, 3.05) is 52.6 Å². The van der Waals surface area contributed by atoms with Gasteiger partial charge in [-0.25, -0.2) is 14.8 Å². The Bertz CT molecular complexity index is 2960. The van der Waals surface area contributed by atoms with Crippen molar-refractivity contribution in [1.29, 1.82) is 0 Å². The van der Waals surface area contributed by atoms with Crippen LogP contribution >= 0.6 is 0 Å². The van der Waals surface area contributed by atoms with Gasteiger partial charge in [0.1, 0.15) is 46.1 Å². The van der Waals surface area contributed by atoms with E-state index in [0.29, 0.717) is 59.8 Å². The first kappa shape index (κ1) is 46.3. The molecule has 12 rings (SSSR count). The predicted molar refractivity (Wildman–Crippen MR) is 261 cm³/mol. The number of rotatable bonds is 8. The summed E-state index contributed by atoms with van der Waals surface area (Å²) in [6.45, 7) is 12.3. The van der Waals surface area contributed by atoms with Crippen molar-refractivity contribution in [2.45, 2.75) is 90.5 Å². The number of carboxylic acids is 1. The number of aryl methyl sites for hydroxylation is 2. The van der Waals surface area contributed by atoms with Crippen LogP contribution in [0.25, 0.3) is 22.1 Å². The highest BCUT2D eigenvalue weighted by Gasteiger charge is 2.46. The molecule has 8 heterocycles. The first-order valence-electron chi connectivity index (χ1n) is 24.5. The molecule has 15 heteroatoms. The second-order valence-corrected chi connectivity index (χ2v) is 19.5. The van der Waals surface area contributed by atoms with Gasteiger partial charge < -0.3 is 43.4 Å². The van der Waals surface area contributed by atoms with Crippen LogP contribution in [-0.4, -0.2) is 106 Å². The van der Waals surface area contributed by atoms with Crippen molar-refractivity contribution in [3.63, 3.8) is 0 Å². The molecule has 0 bridgehead atoms. The summed E-state index contributed by atoms with van der Waals surface area (Å²) < 4.78 is 26.6. The molecule has 2 aliphatic carbocycles. The van der Waals surface area contributed by atoms with Gasteiger partial charge in [-0.05, 0) is 79.3 Å². The zero-order valence-corrected chi connectivity index (χ0v) is 39.4. The van der Waals surface area contributed by atoms with Gasteiger partial charge in [0.2, 0.25) is 10.9 Å². The first-order valence-corrected chi connectivity index (χ1v) is 24.5. The summed E-state index contributed by atoms with van der Waals surface area (Å²) in [5, 5.41) is 13.3. The highest BCUT2D eigenvalue weighted by Crippen LogP contribution is 2.40. The van der Waals surface area contributed by atoms with Crippen LogP contribution < -0.4 is 25.6 Å². The maximum Gasteiger partial charge on any atom is 0.341 e. The van der Waals surface area contributed by atoms with E-state index in [9.17, 15) is 24.3 Å². The Morgan fingerprint density at radius 3 is 1.48 bits per heavy atom. The van der Waals surface area contributed by atoms with Crippen LogP contribution in [-0.2, 0) is 48.2 Å². The molecule has 2 aromatic carbocycles. The number of carbonyl (C=O) groups is 2. The molecule has 4 fully saturated rings. The van der Waals surface area contributed by atoms with Gasteiger partial charge in [0, 0.05) is 109 Å². The number of benzene rings is 2. The van der Waals surface area contributed by atoms with Crippen LogP contribution in [0.15, 0.2) is 95.0 Å². The van der Waals surface area contributed by atoms with Crippen LogP contribution in [0.4, 0.5) is 0 Å². The summed E-state index contributed by atoms with van der Waals surface area (Å²) in [4.78, 5) is 61.3. The molecular weight excluding hydrogens is 877 g/mol. The van der Waals surface area contributed by atoms with E-state index in [2.05, 4.69) is 39.6 Å². The fourth-order valence-corrected chi connectivity index (χ4v) is 10.8. The van der Waals surface area contributed by atoms with Crippen molar-refractivity contribution in [1.82, 2.24) is 29.3 Å². The number of amides is 1. The van der Waals surface area contributed by atoms with Crippen LogP contribution in [0.5, 0.6) is 11.5 Å². The third-order valence-corrected chi connectivity index (χ3v) is 15.0. The molecule has 69 heavy (non-hydrogen) atoms. The molecule has 1 amide bonds. The predicted octanol–water partition coefficient (Wildman–Crippen LogP) is 6.26. The molecule has 2 N–H and O–H groups in total. The third kappa shape index (κ3) is 9.51. The fourth-order valence-electron chi connectivity index (χ4n) is 10.8. The van der Waals surface area contributed by atoms with Crippen molar-refractivity contribution in [3.8, 4) is 11.5 Å². The smallest absolute Gasteiger partial charge is 0.341 e. The van der Waals surface area contributed by atoms with E-state index >= 15 is 0 Å². The molecule has 6 aliphatic rings. The van der Waals surface area contributed by atoms with Crippen LogP contribution in [0.1, 0.15) is 82.5 Å². The minimum absolute atomic E-state index is 0.0114.